The van der Waals surface area contributed by atoms with Gasteiger partial charge in [-0.05, 0) is 42.9 Å². The van der Waals surface area contributed by atoms with Crippen LogP contribution in [0.1, 0.15) is 24.8 Å². The summed E-state index contributed by atoms with van der Waals surface area (Å²) in [5.41, 5.74) is 7.32. The van der Waals surface area contributed by atoms with Gasteiger partial charge in [-0.3, -0.25) is 0 Å². The Morgan fingerprint density at radius 3 is 3.07 bits per heavy atom. The molecule has 1 aliphatic heterocycles. The fourth-order valence-electron chi connectivity index (χ4n) is 1.94. The summed E-state index contributed by atoms with van der Waals surface area (Å²) >= 11 is 7.90. The summed E-state index contributed by atoms with van der Waals surface area (Å²) in [6, 6.07) is 6.35. The summed E-state index contributed by atoms with van der Waals surface area (Å²) in [5.74, 6) is 1.64. The standard InChI is InChI=1S/C11H14ClNS/c1-7(13)9-4-5-14-11-3-2-8(12)6-10(9)11/h2-3,6-7,9H,4-5,13H2,1H3. The molecule has 0 amide bonds. The van der Waals surface area contributed by atoms with Crippen molar-refractivity contribution in [2.24, 2.45) is 5.73 Å². The topological polar surface area (TPSA) is 26.0 Å². The maximum absolute atomic E-state index is 6.00. The number of thioether (sulfide) groups is 1. The van der Waals surface area contributed by atoms with Crippen LogP contribution in [0.25, 0.3) is 0 Å². The third-order valence-electron chi connectivity index (χ3n) is 2.69. The van der Waals surface area contributed by atoms with Gasteiger partial charge in [-0.15, -0.1) is 11.8 Å². The van der Waals surface area contributed by atoms with Crippen molar-refractivity contribution in [2.45, 2.75) is 30.2 Å². The van der Waals surface area contributed by atoms with Gasteiger partial charge in [0.2, 0.25) is 0 Å². The molecule has 1 aromatic rings. The van der Waals surface area contributed by atoms with Crippen LogP contribution < -0.4 is 5.73 Å². The van der Waals surface area contributed by atoms with Gasteiger partial charge in [-0.2, -0.15) is 0 Å². The highest BCUT2D eigenvalue weighted by molar-refractivity contribution is 7.99. The number of hydrogen-bond acceptors (Lipinski definition) is 2. The molecule has 0 fully saturated rings. The minimum Gasteiger partial charge on any atom is -0.327 e. The molecule has 14 heavy (non-hydrogen) atoms. The van der Waals surface area contributed by atoms with Crippen molar-refractivity contribution in [1.82, 2.24) is 0 Å². The van der Waals surface area contributed by atoms with E-state index in [-0.39, 0.29) is 6.04 Å². The summed E-state index contributed by atoms with van der Waals surface area (Å²) in [6.07, 6.45) is 1.16. The molecule has 0 bridgehead atoms. The Hall–Kier alpha value is -0.180. The van der Waals surface area contributed by atoms with Crippen molar-refractivity contribution in [3.63, 3.8) is 0 Å². The number of nitrogens with two attached hydrogens (primary N) is 1. The van der Waals surface area contributed by atoms with Gasteiger partial charge in [-0.1, -0.05) is 11.6 Å². The normalized spacial score (nSPS) is 22.9. The number of hydrogen-bond donors (Lipinski definition) is 1. The third-order valence-corrected chi connectivity index (χ3v) is 4.05. The van der Waals surface area contributed by atoms with Crippen molar-refractivity contribution >= 4 is 23.4 Å². The fraction of sp³-hybridized carbons (Fsp3) is 0.455. The van der Waals surface area contributed by atoms with Crippen molar-refractivity contribution in [2.75, 3.05) is 5.75 Å². The van der Waals surface area contributed by atoms with E-state index in [9.17, 15) is 0 Å². The van der Waals surface area contributed by atoms with Gasteiger partial charge in [0, 0.05) is 21.9 Å². The second kappa shape index (κ2) is 4.13. The van der Waals surface area contributed by atoms with Crippen molar-refractivity contribution in [1.29, 1.82) is 0 Å². The molecule has 3 heteroatoms. The second-order valence-electron chi connectivity index (χ2n) is 3.78. The van der Waals surface area contributed by atoms with Gasteiger partial charge < -0.3 is 5.73 Å². The molecule has 1 aromatic carbocycles. The lowest BCUT2D eigenvalue weighted by Gasteiger charge is -2.27. The average molecular weight is 228 g/mol. The Kier molecular flexibility index (Phi) is 3.05. The van der Waals surface area contributed by atoms with Crippen LogP contribution in [0.3, 0.4) is 0 Å². The summed E-state index contributed by atoms with van der Waals surface area (Å²) in [5, 5.41) is 0.817. The number of halogens is 1. The van der Waals surface area contributed by atoms with E-state index in [1.807, 2.05) is 17.8 Å². The highest BCUT2D eigenvalue weighted by Gasteiger charge is 2.23. The molecular formula is C11H14ClNS. The van der Waals surface area contributed by atoms with Crippen LogP contribution in [-0.4, -0.2) is 11.8 Å². The van der Waals surface area contributed by atoms with Crippen LogP contribution in [0.2, 0.25) is 5.02 Å². The van der Waals surface area contributed by atoms with Gasteiger partial charge in [0.1, 0.15) is 0 Å². The van der Waals surface area contributed by atoms with E-state index in [1.165, 1.54) is 16.2 Å². The molecule has 0 saturated carbocycles. The highest BCUT2D eigenvalue weighted by Crippen LogP contribution is 2.39. The molecule has 1 nitrogen and oxygen atoms in total. The predicted molar refractivity (Wildman–Crippen MR) is 63.2 cm³/mol. The second-order valence-corrected chi connectivity index (χ2v) is 5.36. The van der Waals surface area contributed by atoms with E-state index >= 15 is 0 Å². The summed E-state index contributed by atoms with van der Waals surface area (Å²) in [6.45, 7) is 2.07. The first-order valence-corrected chi connectivity index (χ1v) is 6.22. The lowest BCUT2D eigenvalue weighted by Crippen LogP contribution is -2.27. The molecule has 2 atom stereocenters. The van der Waals surface area contributed by atoms with Crippen LogP contribution in [0, 0.1) is 0 Å². The Bertz CT molecular complexity index is 338. The van der Waals surface area contributed by atoms with E-state index in [1.54, 1.807) is 0 Å². The molecule has 2 unspecified atom stereocenters. The Morgan fingerprint density at radius 1 is 1.57 bits per heavy atom. The van der Waals surface area contributed by atoms with Crippen LogP contribution >= 0.6 is 23.4 Å². The first-order chi connectivity index (χ1) is 6.68. The lowest BCUT2D eigenvalue weighted by atomic mass is 9.90. The average Bonchev–Trinajstić information content (AvgIpc) is 2.16. The van der Waals surface area contributed by atoms with E-state index < -0.39 is 0 Å². The van der Waals surface area contributed by atoms with Crippen LogP contribution in [0.15, 0.2) is 23.1 Å². The van der Waals surface area contributed by atoms with Gasteiger partial charge in [0.05, 0.1) is 0 Å². The summed E-state index contributed by atoms with van der Waals surface area (Å²) < 4.78 is 0. The molecule has 0 aliphatic carbocycles. The third kappa shape index (κ3) is 1.92. The van der Waals surface area contributed by atoms with Gasteiger partial charge in [0.15, 0.2) is 0 Å². The molecule has 2 N–H and O–H groups in total. The predicted octanol–water partition coefficient (Wildman–Crippen LogP) is 3.27. The Labute approximate surface area is 94.0 Å². The lowest BCUT2D eigenvalue weighted by molar-refractivity contribution is 0.543. The summed E-state index contributed by atoms with van der Waals surface area (Å²) in [4.78, 5) is 1.35. The zero-order valence-electron chi connectivity index (χ0n) is 8.16. The maximum Gasteiger partial charge on any atom is 0.0409 e. The van der Waals surface area contributed by atoms with E-state index in [4.69, 9.17) is 17.3 Å². The quantitative estimate of drug-likeness (QED) is 0.797. The molecule has 76 valence electrons. The Morgan fingerprint density at radius 2 is 2.36 bits per heavy atom. The van der Waals surface area contributed by atoms with Crippen LogP contribution in [-0.2, 0) is 0 Å². The van der Waals surface area contributed by atoms with Crippen molar-refractivity contribution < 1.29 is 0 Å². The first kappa shape index (κ1) is 10.3. The molecule has 1 heterocycles. The van der Waals surface area contributed by atoms with Crippen LogP contribution in [0.4, 0.5) is 0 Å². The number of fused-ring (bicyclic) bond motifs is 1. The smallest absolute Gasteiger partial charge is 0.0409 e. The summed E-state index contributed by atoms with van der Waals surface area (Å²) in [7, 11) is 0. The monoisotopic (exact) mass is 227 g/mol. The van der Waals surface area contributed by atoms with Crippen molar-refractivity contribution in [3.05, 3.63) is 28.8 Å². The largest absolute Gasteiger partial charge is 0.327 e. The maximum atomic E-state index is 6.00. The molecular weight excluding hydrogens is 214 g/mol. The zero-order valence-corrected chi connectivity index (χ0v) is 9.74. The zero-order chi connectivity index (χ0) is 10.1. The first-order valence-electron chi connectivity index (χ1n) is 4.86. The minimum atomic E-state index is 0.216. The van der Waals surface area contributed by atoms with E-state index in [0.29, 0.717) is 5.92 Å². The minimum absolute atomic E-state index is 0.216. The Balaban J connectivity index is 2.41. The van der Waals surface area contributed by atoms with Gasteiger partial charge >= 0.3 is 0 Å². The van der Waals surface area contributed by atoms with Gasteiger partial charge in [0.25, 0.3) is 0 Å². The molecule has 0 radical (unpaired) electrons. The molecule has 0 spiro atoms. The van der Waals surface area contributed by atoms with Crippen molar-refractivity contribution in [3.8, 4) is 0 Å². The fourth-order valence-corrected chi connectivity index (χ4v) is 3.25. The van der Waals surface area contributed by atoms with Crippen LogP contribution in [0.5, 0.6) is 0 Å². The highest BCUT2D eigenvalue weighted by atomic mass is 35.5. The number of rotatable bonds is 1. The SMILES string of the molecule is CC(N)C1CCSc2ccc(Cl)cc21. The molecule has 0 saturated heterocycles. The number of benzene rings is 1. The molecule has 2 rings (SSSR count). The van der Waals surface area contributed by atoms with E-state index in [0.717, 1.165) is 11.4 Å². The molecule has 0 aromatic heterocycles. The van der Waals surface area contributed by atoms with Gasteiger partial charge in [-0.25, -0.2) is 0 Å². The molecule has 1 aliphatic rings. The van der Waals surface area contributed by atoms with E-state index in [2.05, 4.69) is 19.1 Å².